The fourth-order valence-corrected chi connectivity index (χ4v) is 0.734. The molecule has 0 spiro atoms. The van der Waals surface area contributed by atoms with Gasteiger partial charge in [-0.3, -0.25) is 5.73 Å². The van der Waals surface area contributed by atoms with E-state index in [2.05, 4.69) is 0 Å². The third-order valence-corrected chi connectivity index (χ3v) is 1.14. The molecular formula is C6H9NO2. The largest absolute Gasteiger partial charge is 0.512 e. The van der Waals surface area contributed by atoms with Crippen LogP contribution >= 0.6 is 0 Å². The highest BCUT2D eigenvalue weighted by atomic mass is 16.3. The Bertz CT molecular complexity index is 170. The van der Waals surface area contributed by atoms with E-state index >= 15 is 0 Å². The van der Waals surface area contributed by atoms with Gasteiger partial charge in [-0.2, -0.15) is 0 Å². The Morgan fingerprint density at radius 1 is 1.67 bits per heavy atom. The van der Waals surface area contributed by atoms with Crippen molar-refractivity contribution in [1.82, 2.24) is 0 Å². The average Bonchev–Trinajstić information content (AvgIpc) is 1.60. The lowest BCUT2D eigenvalue weighted by Gasteiger charge is -2.20. The molecule has 0 amide bonds. The first-order chi connectivity index (χ1) is 4.10. The molecule has 0 aromatic rings. The number of hydrogen-bond acceptors (Lipinski definition) is 3. The summed E-state index contributed by atoms with van der Waals surface area (Å²) >= 11 is 0. The molecule has 50 valence electrons. The maximum Gasteiger partial charge on any atom is 0.140 e. The lowest BCUT2D eigenvalue weighted by Crippen LogP contribution is -2.38. The van der Waals surface area contributed by atoms with Gasteiger partial charge in [0.05, 0.1) is 12.2 Å². The Balaban J connectivity index is 2.73. The van der Waals surface area contributed by atoms with Crippen molar-refractivity contribution in [1.29, 1.82) is 0 Å². The summed E-state index contributed by atoms with van der Waals surface area (Å²) in [4.78, 5) is 0. The van der Waals surface area contributed by atoms with Gasteiger partial charge in [-0.05, 0) is 12.2 Å². The predicted molar refractivity (Wildman–Crippen MR) is 33.6 cm³/mol. The Hall–Kier alpha value is -0.800. The highest BCUT2D eigenvalue weighted by molar-refractivity contribution is 5.19. The summed E-state index contributed by atoms with van der Waals surface area (Å²) in [5, 5.41) is 17.8. The van der Waals surface area contributed by atoms with Gasteiger partial charge in [-0.25, -0.2) is 0 Å². The van der Waals surface area contributed by atoms with Crippen LogP contribution in [0.1, 0.15) is 6.42 Å². The first kappa shape index (κ1) is 6.32. The number of nitrogens with two attached hydrogens (primary N) is 1. The van der Waals surface area contributed by atoms with E-state index in [4.69, 9.17) is 15.9 Å². The molecule has 9 heavy (non-hydrogen) atoms. The van der Waals surface area contributed by atoms with Gasteiger partial charge in [0.2, 0.25) is 0 Å². The lowest BCUT2D eigenvalue weighted by molar-refractivity contribution is 0.0842. The second kappa shape index (κ2) is 1.86. The molecule has 1 aliphatic rings. The van der Waals surface area contributed by atoms with Gasteiger partial charge in [-0.15, -0.1) is 0 Å². The molecule has 0 aromatic carbocycles. The number of aliphatic hydroxyl groups is 2. The standard InChI is InChI=1S/C6H9NO2/c7-6(9)3-1-2-5(8)4-6/h1-3,8-9H,4,7H2. The zero-order valence-electron chi connectivity index (χ0n) is 4.91. The third kappa shape index (κ3) is 1.55. The lowest BCUT2D eigenvalue weighted by atomic mass is 10.0. The summed E-state index contributed by atoms with van der Waals surface area (Å²) in [6.07, 6.45) is 4.57. The maximum atomic E-state index is 9.04. The Morgan fingerprint density at radius 2 is 2.33 bits per heavy atom. The van der Waals surface area contributed by atoms with Gasteiger partial charge in [0, 0.05) is 0 Å². The minimum absolute atomic E-state index is 0.101. The third-order valence-electron chi connectivity index (χ3n) is 1.14. The van der Waals surface area contributed by atoms with Crippen molar-refractivity contribution in [3.05, 3.63) is 24.0 Å². The second-order valence-corrected chi connectivity index (χ2v) is 2.19. The van der Waals surface area contributed by atoms with Crippen molar-refractivity contribution < 1.29 is 10.2 Å². The molecular weight excluding hydrogens is 118 g/mol. The normalized spacial score (nSPS) is 34.2. The van der Waals surface area contributed by atoms with Crippen LogP contribution in [0.15, 0.2) is 24.0 Å². The zero-order valence-corrected chi connectivity index (χ0v) is 4.91. The van der Waals surface area contributed by atoms with Crippen LogP contribution < -0.4 is 5.73 Å². The van der Waals surface area contributed by atoms with Crippen LogP contribution in [-0.4, -0.2) is 15.9 Å². The van der Waals surface area contributed by atoms with E-state index in [1.807, 2.05) is 0 Å². The minimum atomic E-state index is -1.35. The molecule has 0 saturated heterocycles. The first-order valence-corrected chi connectivity index (χ1v) is 2.69. The summed E-state index contributed by atoms with van der Waals surface area (Å²) in [7, 11) is 0. The van der Waals surface area contributed by atoms with Crippen LogP contribution in [0.25, 0.3) is 0 Å². The molecule has 3 nitrogen and oxygen atoms in total. The summed E-state index contributed by atoms with van der Waals surface area (Å²) in [5.41, 5.74) is 3.89. The number of allylic oxidation sites excluding steroid dienone is 2. The van der Waals surface area contributed by atoms with Crippen LogP contribution in [0, 0.1) is 0 Å². The van der Waals surface area contributed by atoms with E-state index in [0.29, 0.717) is 0 Å². The van der Waals surface area contributed by atoms with E-state index in [1.165, 1.54) is 18.2 Å². The molecule has 1 unspecified atom stereocenters. The van der Waals surface area contributed by atoms with Crippen molar-refractivity contribution in [2.45, 2.75) is 12.1 Å². The average molecular weight is 127 g/mol. The van der Waals surface area contributed by atoms with E-state index in [1.54, 1.807) is 0 Å². The highest BCUT2D eigenvalue weighted by Crippen LogP contribution is 2.14. The summed E-state index contributed by atoms with van der Waals surface area (Å²) in [6.45, 7) is 0. The van der Waals surface area contributed by atoms with Crippen LogP contribution in [-0.2, 0) is 0 Å². The van der Waals surface area contributed by atoms with E-state index in [0.717, 1.165) is 0 Å². The monoisotopic (exact) mass is 127 g/mol. The van der Waals surface area contributed by atoms with Crippen molar-refractivity contribution in [3.8, 4) is 0 Å². The number of hydrogen-bond donors (Lipinski definition) is 3. The Morgan fingerprint density at radius 3 is 2.67 bits per heavy atom. The molecule has 4 N–H and O–H groups in total. The molecule has 0 saturated carbocycles. The van der Waals surface area contributed by atoms with E-state index in [-0.39, 0.29) is 12.2 Å². The van der Waals surface area contributed by atoms with Gasteiger partial charge in [-0.1, -0.05) is 6.08 Å². The van der Waals surface area contributed by atoms with Crippen molar-refractivity contribution in [2.24, 2.45) is 5.73 Å². The van der Waals surface area contributed by atoms with E-state index < -0.39 is 5.72 Å². The van der Waals surface area contributed by atoms with Crippen molar-refractivity contribution in [2.75, 3.05) is 0 Å². The molecule has 3 heteroatoms. The topological polar surface area (TPSA) is 66.5 Å². The molecule has 0 heterocycles. The van der Waals surface area contributed by atoms with Crippen molar-refractivity contribution in [3.63, 3.8) is 0 Å². The number of aliphatic hydroxyl groups excluding tert-OH is 1. The van der Waals surface area contributed by atoms with Gasteiger partial charge >= 0.3 is 0 Å². The van der Waals surface area contributed by atoms with Crippen molar-refractivity contribution >= 4 is 0 Å². The maximum absolute atomic E-state index is 9.04. The van der Waals surface area contributed by atoms with Crippen LogP contribution in [0.5, 0.6) is 0 Å². The van der Waals surface area contributed by atoms with Crippen LogP contribution in [0.3, 0.4) is 0 Å². The highest BCUT2D eigenvalue weighted by Gasteiger charge is 2.20. The van der Waals surface area contributed by atoms with Gasteiger partial charge < -0.3 is 10.2 Å². The van der Waals surface area contributed by atoms with Gasteiger partial charge in [0.1, 0.15) is 5.72 Å². The fourth-order valence-electron chi connectivity index (χ4n) is 0.734. The molecule has 1 aliphatic carbocycles. The quantitative estimate of drug-likeness (QED) is 0.402. The molecule has 1 atom stereocenters. The summed E-state index contributed by atoms with van der Waals surface area (Å²) < 4.78 is 0. The van der Waals surface area contributed by atoms with Gasteiger partial charge in [0.25, 0.3) is 0 Å². The van der Waals surface area contributed by atoms with E-state index in [9.17, 15) is 0 Å². The molecule has 0 fully saturated rings. The summed E-state index contributed by atoms with van der Waals surface area (Å²) in [6, 6.07) is 0. The van der Waals surface area contributed by atoms with Crippen LogP contribution in [0.4, 0.5) is 0 Å². The molecule has 1 rings (SSSR count). The second-order valence-electron chi connectivity index (χ2n) is 2.19. The Labute approximate surface area is 53.1 Å². The number of rotatable bonds is 0. The molecule has 0 aromatic heterocycles. The SMILES string of the molecule is NC1(O)C=CC=C(O)C1. The fraction of sp³-hybridized carbons (Fsp3) is 0.333. The molecule has 0 radical (unpaired) electrons. The smallest absolute Gasteiger partial charge is 0.140 e. The predicted octanol–water partition coefficient (Wildman–Crippen LogP) is 0.0355. The van der Waals surface area contributed by atoms with Gasteiger partial charge in [0.15, 0.2) is 0 Å². The summed E-state index contributed by atoms with van der Waals surface area (Å²) in [5.74, 6) is 0.113. The first-order valence-electron chi connectivity index (χ1n) is 2.69. The molecule has 0 bridgehead atoms. The zero-order chi connectivity index (χ0) is 6.91. The Kier molecular flexibility index (Phi) is 1.31. The molecule has 0 aliphatic heterocycles. The van der Waals surface area contributed by atoms with Crippen LogP contribution in [0.2, 0.25) is 0 Å². The minimum Gasteiger partial charge on any atom is -0.512 e.